The SMILES string of the molecule is CC(C)(CO)CCc1cc(Cl)c(-c2noc(-c3cn4cc(C(F)(F)F)cc(Cl)c4n3)n2)cc1F.CCC. The molecule has 0 aliphatic rings. The van der Waals surface area contributed by atoms with Crippen LogP contribution in [-0.2, 0) is 12.6 Å². The normalized spacial score (nSPS) is 12.1. The van der Waals surface area contributed by atoms with Gasteiger partial charge in [0.2, 0.25) is 5.82 Å². The van der Waals surface area contributed by atoms with Crippen molar-refractivity contribution in [3.05, 3.63) is 57.6 Å². The number of halogens is 6. The first-order valence-corrected chi connectivity index (χ1v) is 12.2. The second-order valence-corrected chi connectivity index (χ2v) is 10.1. The number of alkyl halides is 3. The number of benzene rings is 1. The Labute approximate surface area is 221 Å². The summed E-state index contributed by atoms with van der Waals surface area (Å²) in [6.45, 7) is 7.97. The van der Waals surface area contributed by atoms with Crippen molar-refractivity contribution in [2.24, 2.45) is 5.41 Å². The summed E-state index contributed by atoms with van der Waals surface area (Å²) in [5.41, 5.74) is -0.583. The fourth-order valence-corrected chi connectivity index (χ4v) is 3.78. The Hall–Kier alpha value is -2.69. The number of pyridine rings is 1. The van der Waals surface area contributed by atoms with Gasteiger partial charge in [0.1, 0.15) is 11.5 Å². The standard InChI is InChI=1S/C22H18Cl2F4N4O2.C3H8/c1-21(2,10-33)4-3-11-5-14(23)13(7-16(11)25)18-30-20(34-31-18)17-9-32-8-12(22(26,27)28)6-15(24)19(32)29-17;1-3-2/h5-9,33H,3-4,10H2,1-2H3;3H2,1-2H3. The van der Waals surface area contributed by atoms with Crippen molar-refractivity contribution in [1.29, 1.82) is 0 Å². The fraction of sp³-hybridized carbons (Fsp3) is 0.400. The highest BCUT2D eigenvalue weighted by Crippen LogP contribution is 2.34. The number of nitrogens with zero attached hydrogens (tertiary/aromatic N) is 4. The molecule has 0 amide bonds. The van der Waals surface area contributed by atoms with Crippen molar-refractivity contribution < 1.29 is 27.2 Å². The first kappa shape index (κ1) is 28.9. The minimum atomic E-state index is -4.58. The van der Waals surface area contributed by atoms with Crippen LogP contribution in [0, 0.1) is 11.2 Å². The van der Waals surface area contributed by atoms with Gasteiger partial charge in [0.05, 0.1) is 15.6 Å². The topological polar surface area (TPSA) is 76.5 Å². The van der Waals surface area contributed by atoms with Gasteiger partial charge in [0.15, 0.2) is 5.65 Å². The van der Waals surface area contributed by atoms with Crippen LogP contribution in [0.25, 0.3) is 28.6 Å². The molecule has 0 saturated heterocycles. The molecular formula is C25H26Cl2F4N4O2. The molecule has 37 heavy (non-hydrogen) atoms. The smallest absolute Gasteiger partial charge is 0.396 e. The molecule has 1 N–H and O–H groups in total. The molecule has 4 aromatic rings. The molecule has 0 fully saturated rings. The monoisotopic (exact) mass is 560 g/mol. The molecule has 3 heterocycles. The largest absolute Gasteiger partial charge is 0.417 e. The maximum Gasteiger partial charge on any atom is 0.417 e. The maximum absolute atomic E-state index is 14.7. The second kappa shape index (κ2) is 11.4. The molecule has 12 heteroatoms. The minimum absolute atomic E-state index is 0.0136. The summed E-state index contributed by atoms with van der Waals surface area (Å²) in [5, 5.41) is 13.2. The third-order valence-corrected chi connectivity index (χ3v) is 5.95. The van der Waals surface area contributed by atoms with Crippen LogP contribution in [0.5, 0.6) is 0 Å². The highest BCUT2D eigenvalue weighted by molar-refractivity contribution is 6.33. The Morgan fingerprint density at radius 1 is 1.03 bits per heavy atom. The number of hydrogen-bond donors (Lipinski definition) is 1. The van der Waals surface area contributed by atoms with Crippen molar-refractivity contribution in [3.63, 3.8) is 0 Å². The third-order valence-electron chi connectivity index (χ3n) is 5.35. The van der Waals surface area contributed by atoms with E-state index in [1.54, 1.807) is 0 Å². The van der Waals surface area contributed by atoms with Gasteiger partial charge < -0.3 is 14.0 Å². The average Bonchev–Trinajstić information content (AvgIpc) is 3.47. The number of fused-ring (bicyclic) bond motifs is 1. The Morgan fingerprint density at radius 2 is 1.70 bits per heavy atom. The molecular weight excluding hydrogens is 535 g/mol. The molecule has 200 valence electrons. The van der Waals surface area contributed by atoms with E-state index in [-0.39, 0.29) is 50.7 Å². The third kappa shape index (κ3) is 6.80. The van der Waals surface area contributed by atoms with E-state index >= 15 is 0 Å². The highest BCUT2D eigenvalue weighted by Gasteiger charge is 2.32. The highest BCUT2D eigenvalue weighted by atomic mass is 35.5. The van der Waals surface area contributed by atoms with E-state index < -0.39 is 17.6 Å². The number of aryl methyl sites for hydroxylation is 1. The second-order valence-electron chi connectivity index (χ2n) is 9.31. The lowest BCUT2D eigenvalue weighted by atomic mass is 9.87. The van der Waals surface area contributed by atoms with Gasteiger partial charge in [-0.15, -0.1) is 0 Å². The number of aromatic nitrogens is 4. The predicted molar refractivity (Wildman–Crippen MR) is 134 cm³/mol. The van der Waals surface area contributed by atoms with E-state index in [1.165, 1.54) is 24.8 Å². The van der Waals surface area contributed by atoms with Crippen LogP contribution in [0.15, 0.2) is 35.1 Å². The van der Waals surface area contributed by atoms with Gasteiger partial charge in [-0.3, -0.25) is 0 Å². The molecule has 1 aromatic carbocycles. The van der Waals surface area contributed by atoms with Crippen molar-refractivity contribution in [2.45, 2.75) is 53.1 Å². The zero-order valence-electron chi connectivity index (χ0n) is 20.6. The summed E-state index contributed by atoms with van der Waals surface area (Å²) in [7, 11) is 0. The lowest BCUT2D eigenvalue weighted by Gasteiger charge is -2.21. The number of aliphatic hydroxyl groups is 1. The van der Waals surface area contributed by atoms with Crippen molar-refractivity contribution in [3.8, 4) is 23.0 Å². The Kier molecular flexibility index (Phi) is 8.87. The van der Waals surface area contributed by atoms with Gasteiger partial charge in [-0.05, 0) is 42.0 Å². The molecule has 0 unspecified atom stereocenters. The Morgan fingerprint density at radius 3 is 2.32 bits per heavy atom. The van der Waals surface area contributed by atoms with Crippen LogP contribution in [0.2, 0.25) is 10.0 Å². The van der Waals surface area contributed by atoms with E-state index in [4.69, 9.17) is 27.7 Å². The van der Waals surface area contributed by atoms with Crippen LogP contribution in [0.4, 0.5) is 17.6 Å². The summed E-state index contributed by atoms with van der Waals surface area (Å²) in [4.78, 5) is 8.34. The molecule has 0 bridgehead atoms. The van der Waals surface area contributed by atoms with Gasteiger partial charge in [-0.25, -0.2) is 9.37 Å². The quantitative estimate of drug-likeness (QED) is 0.243. The van der Waals surface area contributed by atoms with Gasteiger partial charge in [-0.2, -0.15) is 18.2 Å². The van der Waals surface area contributed by atoms with Crippen LogP contribution in [0.1, 0.15) is 51.7 Å². The molecule has 0 aliphatic carbocycles. The van der Waals surface area contributed by atoms with E-state index in [0.29, 0.717) is 18.4 Å². The van der Waals surface area contributed by atoms with E-state index in [9.17, 15) is 22.7 Å². The molecule has 0 saturated carbocycles. The lowest BCUT2D eigenvalue weighted by Crippen LogP contribution is -2.17. The summed E-state index contributed by atoms with van der Waals surface area (Å²) in [6.07, 6.45) is -0.297. The number of hydrogen-bond acceptors (Lipinski definition) is 5. The van der Waals surface area contributed by atoms with E-state index in [0.717, 1.165) is 16.7 Å². The van der Waals surface area contributed by atoms with Crippen molar-refractivity contribution in [2.75, 3.05) is 6.61 Å². The summed E-state index contributed by atoms with van der Waals surface area (Å²) >= 11 is 12.3. The molecule has 0 radical (unpaired) electrons. The van der Waals surface area contributed by atoms with Gasteiger partial charge in [0, 0.05) is 24.6 Å². The van der Waals surface area contributed by atoms with E-state index in [1.807, 2.05) is 13.8 Å². The molecule has 6 nitrogen and oxygen atoms in total. The van der Waals surface area contributed by atoms with Crippen LogP contribution < -0.4 is 0 Å². The predicted octanol–water partition coefficient (Wildman–Crippen LogP) is 7.88. The maximum atomic E-state index is 14.7. The molecule has 4 rings (SSSR count). The molecule has 0 aliphatic heterocycles. The van der Waals surface area contributed by atoms with Crippen molar-refractivity contribution in [1.82, 2.24) is 19.5 Å². The number of rotatable bonds is 6. The van der Waals surface area contributed by atoms with Gasteiger partial charge in [-0.1, -0.05) is 62.5 Å². The van der Waals surface area contributed by atoms with E-state index in [2.05, 4.69) is 29.0 Å². The summed E-state index contributed by atoms with van der Waals surface area (Å²) < 4.78 is 60.2. The van der Waals surface area contributed by atoms with Gasteiger partial charge in [0.25, 0.3) is 5.89 Å². The fourth-order valence-electron chi connectivity index (χ4n) is 3.25. The van der Waals surface area contributed by atoms with Crippen LogP contribution >= 0.6 is 23.2 Å². The molecule has 0 atom stereocenters. The Bertz CT molecular complexity index is 1380. The Balaban J connectivity index is 0.00000121. The average molecular weight is 561 g/mol. The first-order chi connectivity index (χ1) is 17.3. The number of imidazole rings is 1. The number of aliphatic hydroxyl groups excluding tert-OH is 1. The van der Waals surface area contributed by atoms with Crippen LogP contribution in [0.3, 0.4) is 0 Å². The summed E-state index contributed by atoms with van der Waals surface area (Å²) in [6, 6.07) is 3.44. The zero-order valence-corrected chi connectivity index (χ0v) is 22.1. The first-order valence-electron chi connectivity index (χ1n) is 11.5. The molecule has 0 spiro atoms. The minimum Gasteiger partial charge on any atom is -0.396 e. The molecule has 3 aromatic heterocycles. The zero-order chi connectivity index (χ0) is 27.5. The van der Waals surface area contributed by atoms with Crippen molar-refractivity contribution >= 4 is 28.8 Å². The lowest BCUT2D eigenvalue weighted by molar-refractivity contribution is -0.137. The summed E-state index contributed by atoms with van der Waals surface area (Å²) in [5.74, 6) is -0.632. The van der Waals surface area contributed by atoms with Crippen LogP contribution in [-0.4, -0.2) is 31.2 Å². The van der Waals surface area contributed by atoms with Gasteiger partial charge >= 0.3 is 6.18 Å².